The molecule has 0 aromatic rings. The lowest BCUT2D eigenvalue weighted by Gasteiger charge is -1.98. The molecule has 0 rings (SSSR count). The van der Waals surface area contributed by atoms with Gasteiger partial charge in [0.25, 0.3) is 0 Å². The molecule has 0 saturated carbocycles. The molecule has 0 aliphatic rings. The summed E-state index contributed by atoms with van der Waals surface area (Å²) in [6, 6.07) is -0.625. The Morgan fingerprint density at radius 1 is 1.75 bits per heavy atom. The van der Waals surface area contributed by atoms with Crippen molar-refractivity contribution in [3.8, 4) is 0 Å². The summed E-state index contributed by atoms with van der Waals surface area (Å²) in [4.78, 5) is 9.96. The van der Waals surface area contributed by atoms with Gasteiger partial charge in [0.05, 0.1) is 0 Å². The molecule has 46 valence electrons. The number of nitrogens with two attached hydrogens (primary N) is 2. The summed E-state index contributed by atoms with van der Waals surface area (Å²) in [5.41, 5.74) is 10.2. The fourth-order valence-corrected chi connectivity index (χ4v) is 0.225. The molecular weight excluding hydrogens is 106 g/mol. The van der Waals surface area contributed by atoms with Gasteiger partial charge in [0.1, 0.15) is 0 Å². The minimum absolute atomic E-state index is 0.225. The first-order valence-electron chi connectivity index (χ1n) is 2.11. The van der Waals surface area contributed by atoms with E-state index in [2.05, 4.69) is 11.9 Å². The Morgan fingerprint density at radius 2 is 2.25 bits per heavy atom. The Balaban J connectivity index is 3.40. The first kappa shape index (κ1) is 6.97. The zero-order valence-corrected chi connectivity index (χ0v) is 4.48. The van der Waals surface area contributed by atoms with Crippen molar-refractivity contribution < 1.29 is 4.79 Å². The Morgan fingerprint density at radius 3 is 2.38 bits per heavy atom. The van der Waals surface area contributed by atoms with E-state index in [1.165, 1.54) is 0 Å². The Hall–Kier alpha value is -1.03. The highest BCUT2D eigenvalue weighted by atomic mass is 16.2. The average Bonchev–Trinajstić information content (AvgIpc) is 1.65. The van der Waals surface area contributed by atoms with Crippen molar-refractivity contribution in [2.75, 3.05) is 6.54 Å². The maximum absolute atomic E-state index is 9.96. The predicted octanol–water partition coefficient (Wildman–Crippen LogP) is -0.873. The van der Waals surface area contributed by atoms with Gasteiger partial charge in [-0.25, -0.2) is 4.79 Å². The van der Waals surface area contributed by atoms with Gasteiger partial charge in [0.2, 0.25) is 0 Å². The summed E-state index contributed by atoms with van der Waals surface area (Å²) < 4.78 is 0. The van der Waals surface area contributed by atoms with Gasteiger partial charge < -0.3 is 16.8 Å². The topological polar surface area (TPSA) is 81.1 Å². The maximum Gasteiger partial charge on any atom is 0.316 e. The summed E-state index contributed by atoms with van der Waals surface area (Å²) in [5.74, 6) is 0. The highest BCUT2D eigenvalue weighted by molar-refractivity contribution is 5.73. The van der Waals surface area contributed by atoms with Crippen LogP contribution < -0.4 is 16.8 Å². The SMILES string of the molecule is C=C(CN)NC(N)=O. The minimum atomic E-state index is -0.625. The molecule has 0 aliphatic heterocycles. The lowest BCUT2D eigenvalue weighted by atomic mass is 10.5. The van der Waals surface area contributed by atoms with Crippen LogP contribution in [0.3, 0.4) is 0 Å². The van der Waals surface area contributed by atoms with Crippen LogP contribution in [-0.4, -0.2) is 12.6 Å². The second-order valence-electron chi connectivity index (χ2n) is 1.30. The smallest absolute Gasteiger partial charge is 0.316 e. The molecule has 0 bridgehead atoms. The minimum Gasteiger partial charge on any atom is -0.351 e. The molecule has 4 nitrogen and oxygen atoms in total. The lowest BCUT2D eigenvalue weighted by Crippen LogP contribution is -2.31. The van der Waals surface area contributed by atoms with Gasteiger partial charge in [-0.3, -0.25) is 0 Å². The summed E-state index contributed by atoms with van der Waals surface area (Å²) in [5, 5.41) is 2.21. The molecule has 0 aromatic heterocycles. The number of hydrogen-bond acceptors (Lipinski definition) is 2. The van der Waals surface area contributed by atoms with E-state index in [0.717, 1.165) is 0 Å². The second kappa shape index (κ2) is 3.04. The molecular formula is C4H9N3O. The molecule has 0 aliphatic carbocycles. The number of urea groups is 1. The van der Waals surface area contributed by atoms with E-state index in [0.29, 0.717) is 5.70 Å². The van der Waals surface area contributed by atoms with Crippen LogP contribution in [0, 0.1) is 0 Å². The number of carbonyl (C=O) groups excluding carboxylic acids is 1. The molecule has 0 saturated heterocycles. The Kier molecular flexibility index (Phi) is 2.64. The molecule has 4 heteroatoms. The number of nitrogens with one attached hydrogen (secondary N) is 1. The van der Waals surface area contributed by atoms with E-state index < -0.39 is 6.03 Å². The van der Waals surface area contributed by atoms with Crippen LogP contribution in [0.15, 0.2) is 12.3 Å². The van der Waals surface area contributed by atoms with Crippen LogP contribution in [0.5, 0.6) is 0 Å². The van der Waals surface area contributed by atoms with E-state index >= 15 is 0 Å². The zero-order chi connectivity index (χ0) is 6.57. The largest absolute Gasteiger partial charge is 0.351 e. The molecule has 0 heterocycles. The molecule has 0 fully saturated rings. The fourth-order valence-electron chi connectivity index (χ4n) is 0.225. The summed E-state index contributed by atoms with van der Waals surface area (Å²) in [7, 11) is 0. The third-order valence-corrected chi connectivity index (χ3v) is 0.546. The first-order chi connectivity index (χ1) is 3.66. The molecule has 0 aromatic carbocycles. The molecule has 5 N–H and O–H groups in total. The van der Waals surface area contributed by atoms with Crippen LogP contribution in [0.4, 0.5) is 4.79 Å². The van der Waals surface area contributed by atoms with E-state index in [9.17, 15) is 4.79 Å². The van der Waals surface area contributed by atoms with Crippen molar-refractivity contribution in [3.63, 3.8) is 0 Å². The van der Waals surface area contributed by atoms with Gasteiger partial charge in [-0.05, 0) is 0 Å². The van der Waals surface area contributed by atoms with Crippen molar-refractivity contribution >= 4 is 6.03 Å². The lowest BCUT2D eigenvalue weighted by molar-refractivity contribution is 0.251. The average molecular weight is 115 g/mol. The second-order valence-corrected chi connectivity index (χ2v) is 1.30. The van der Waals surface area contributed by atoms with E-state index in [-0.39, 0.29) is 6.54 Å². The fraction of sp³-hybridized carbons (Fsp3) is 0.250. The molecule has 0 unspecified atom stereocenters. The summed E-state index contributed by atoms with van der Waals surface area (Å²) >= 11 is 0. The Labute approximate surface area is 47.5 Å². The number of rotatable bonds is 2. The van der Waals surface area contributed by atoms with Crippen LogP contribution in [-0.2, 0) is 0 Å². The maximum atomic E-state index is 9.96. The molecule has 2 amide bonds. The number of primary amides is 1. The third kappa shape index (κ3) is 3.17. The van der Waals surface area contributed by atoms with Crippen molar-refractivity contribution in [2.45, 2.75) is 0 Å². The van der Waals surface area contributed by atoms with Crippen LogP contribution in [0.2, 0.25) is 0 Å². The van der Waals surface area contributed by atoms with Crippen molar-refractivity contribution in [1.29, 1.82) is 0 Å². The van der Waals surface area contributed by atoms with Crippen molar-refractivity contribution in [3.05, 3.63) is 12.3 Å². The number of carbonyl (C=O) groups is 1. The Bertz CT molecular complexity index is 110. The monoisotopic (exact) mass is 115 g/mol. The van der Waals surface area contributed by atoms with Crippen molar-refractivity contribution in [1.82, 2.24) is 5.32 Å². The van der Waals surface area contributed by atoms with Gasteiger partial charge in [-0.2, -0.15) is 0 Å². The van der Waals surface area contributed by atoms with E-state index in [1.54, 1.807) is 0 Å². The van der Waals surface area contributed by atoms with Gasteiger partial charge in [0.15, 0.2) is 0 Å². The first-order valence-corrected chi connectivity index (χ1v) is 2.11. The van der Waals surface area contributed by atoms with Gasteiger partial charge in [-0.15, -0.1) is 0 Å². The molecule has 0 spiro atoms. The summed E-state index contributed by atoms with van der Waals surface area (Å²) in [6.07, 6.45) is 0. The van der Waals surface area contributed by atoms with Gasteiger partial charge in [-0.1, -0.05) is 6.58 Å². The third-order valence-electron chi connectivity index (χ3n) is 0.546. The molecule has 8 heavy (non-hydrogen) atoms. The van der Waals surface area contributed by atoms with E-state index in [4.69, 9.17) is 11.5 Å². The predicted molar refractivity (Wildman–Crippen MR) is 30.9 cm³/mol. The van der Waals surface area contributed by atoms with E-state index in [1.807, 2.05) is 0 Å². The zero-order valence-electron chi connectivity index (χ0n) is 4.48. The number of amides is 2. The normalized spacial score (nSPS) is 8.12. The highest BCUT2D eigenvalue weighted by Crippen LogP contribution is 1.73. The number of hydrogen-bond donors (Lipinski definition) is 3. The quantitative estimate of drug-likeness (QED) is 0.437. The van der Waals surface area contributed by atoms with Gasteiger partial charge in [0, 0.05) is 12.2 Å². The molecule has 0 radical (unpaired) electrons. The van der Waals surface area contributed by atoms with Crippen LogP contribution in [0.25, 0.3) is 0 Å². The van der Waals surface area contributed by atoms with Crippen molar-refractivity contribution in [2.24, 2.45) is 11.5 Å². The highest BCUT2D eigenvalue weighted by Gasteiger charge is 1.90. The van der Waals surface area contributed by atoms with Crippen LogP contribution >= 0.6 is 0 Å². The standard InChI is InChI=1S/C4H9N3O/c1-3(2-5)7-4(6)8/h1-2,5H2,(H3,6,7,8). The molecule has 0 atom stereocenters. The summed E-state index contributed by atoms with van der Waals surface area (Å²) in [6.45, 7) is 3.60. The van der Waals surface area contributed by atoms with Gasteiger partial charge >= 0.3 is 6.03 Å². The van der Waals surface area contributed by atoms with Crippen LogP contribution in [0.1, 0.15) is 0 Å².